The summed E-state index contributed by atoms with van der Waals surface area (Å²) in [6.45, 7) is 0.623. The van der Waals surface area contributed by atoms with Crippen LogP contribution in [0.3, 0.4) is 0 Å². The summed E-state index contributed by atoms with van der Waals surface area (Å²) in [5, 5.41) is 27.4. The number of anilines is 3. The van der Waals surface area contributed by atoms with Crippen molar-refractivity contribution in [3.05, 3.63) is 83.9 Å². The van der Waals surface area contributed by atoms with E-state index >= 15 is 0 Å². The molecule has 27 heavy (non-hydrogen) atoms. The van der Waals surface area contributed by atoms with Crippen LogP contribution in [0.5, 0.6) is 5.75 Å². The number of phenols is 1. The van der Waals surface area contributed by atoms with Gasteiger partial charge in [0.2, 0.25) is 0 Å². The van der Waals surface area contributed by atoms with E-state index in [-0.39, 0.29) is 11.4 Å². The van der Waals surface area contributed by atoms with E-state index in [0.717, 1.165) is 11.3 Å². The fourth-order valence-electron chi connectivity index (χ4n) is 2.52. The summed E-state index contributed by atoms with van der Waals surface area (Å²) in [6.07, 6.45) is 0. The number of aromatic hydroxyl groups is 1. The van der Waals surface area contributed by atoms with Gasteiger partial charge in [0.25, 0.3) is 0 Å². The minimum atomic E-state index is -0.496. The molecule has 0 unspecified atom stereocenters. The summed E-state index contributed by atoms with van der Waals surface area (Å²) in [5.74, 6) is -0.167. The summed E-state index contributed by atoms with van der Waals surface area (Å²) in [6, 6.07) is 23.0. The van der Waals surface area contributed by atoms with Crippen molar-refractivity contribution >= 4 is 23.1 Å². The molecule has 3 aromatic carbocycles. The van der Waals surface area contributed by atoms with Gasteiger partial charge in [-0.15, -0.1) is 0 Å². The number of carbonyl (C=O) groups is 1. The molecule has 4 N–H and O–H groups in total. The Morgan fingerprint density at radius 3 is 2.26 bits per heavy atom. The second-order valence-corrected chi connectivity index (χ2v) is 5.81. The third kappa shape index (κ3) is 4.77. The number of hydrogen-bond donors (Lipinski definition) is 4. The van der Waals surface area contributed by atoms with E-state index in [1.165, 1.54) is 18.2 Å². The minimum absolute atomic E-state index is 0.167. The molecule has 0 aliphatic carbocycles. The van der Waals surface area contributed by atoms with Gasteiger partial charge in [0.15, 0.2) is 0 Å². The van der Waals surface area contributed by atoms with Crippen molar-refractivity contribution in [1.82, 2.24) is 0 Å². The highest BCUT2D eigenvalue weighted by Gasteiger charge is 2.09. The van der Waals surface area contributed by atoms with Crippen molar-refractivity contribution in [2.75, 3.05) is 16.0 Å². The van der Waals surface area contributed by atoms with Gasteiger partial charge in [-0.1, -0.05) is 42.5 Å². The van der Waals surface area contributed by atoms with E-state index < -0.39 is 6.03 Å². The van der Waals surface area contributed by atoms with Gasteiger partial charge in [0.05, 0.1) is 28.7 Å². The maximum absolute atomic E-state index is 12.3. The average molecular weight is 358 g/mol. The van der Waals surface area contributed by atoms with Crippen molar-refractivity contribution in [1.29, 1.82) is 5.26 Å². The first-order valence-corrected chi connectivity index (χ1v) is 8.33. The Kier molecular flexibility index (Phi) is 5.55. The Bertz CT molecular complexity index is 981. The van der Waals surface area contributed by atoms with Crippen molar-refractivity contribution in [3.8, 4) is 11.8 Å². The Labute approximate surface area is 157 Å². The van der Waals surface area contributed by atoms with Crippen LogP contribution in [0.1, 0.15) is 11.1 Å². The Hall–Kier alpha value is -3.98. The zero-order valence-corrected chi connectivity index (χ0v) is 14.4. The van der Waals surface area contributed by atoms with E-state index in [1.807, 2.05) is 54.6 Å². The molecule has 3 aromatic rings. The first-order valence-electron chi connectivity index (χ1n) is 8.33. The number of urea groups is 1. The molecule has 6 heteroatoms. The van der Waals surface area contributed by atoms with E-state index in [1.54, 1.807) is 6.07 Å². The van der Waals surface area contributed by atoms with Crippen LogP contribution >= 0.6 is 0 Å². The Morgan fingerprint density at radius 2 is 1.56 bits per heavy atom. The molecule has 0 aliphatic rings. The third-order valence-electron chi connectivity index (χ3n) is 3.88. The number of nitrogens with zero attached hydrogens (tertiary/aromatic N) is 1. The number of amides is 2. The highest BCUT2D eigenvalue weighted by molar-refractivity contribution is 6.02. The molecule has 0 heterocycles. The standard InChI is InChI=1S/C21H18N4O2/c22-13-16-10-11-19(20(26)12-16)25-21(27)24-18-9-5-4-8-17(18)23-14-15-6-2-1-3-7-15/h1-12,23,26H,14H2,(H2,24,25,27). The number of nitrogens with one attached hydrogen (secondary N) is 3. The van der Waals surface area contributed by atoms with Crippen LogP contribution in [0.15, 0.2) is 72.8 Å². The van der Waals surface area contributed by atoms with Crippen LogP contribution in [0, 0.1) is 11.3 Å². The summed E-state index contributed by atoms with van der Waals surface area (Å²) >= 11 is 0. The van der Waals surface area contributed by atoms with Gasteiger partial charge in [-0.2, -0.15) is 5.26 Å². The molecule has 0 aliphatic heterocycles. The maximum Gasteiger partial charge on any atom is 0.323 e. The lowest BCUT2D eigenvalue weighted by Crippen LogP contribution is -2.20. The molecule has 0 spiro atoms. The molecule has 0 bridgehead atoms. The van der Waals surface area contributed by atoms with Gasteiger partial charge in [0.1, 0.15) is 5.75 Å². The summed E-state index contributed by atoms with van der Waals surface area (Å²) in [5.41, 5.74) is 3.05. The summed E-state index contributed by atoms with van der Waals surface area (Å²) in [4.78, 5) is 12.3. The topological polar surface area (TPSA) is 97.2 Å². The largest absolute Gasteiger partial charge is 0.506 e. The number of rotatable bonds is 5. The summed E-state index contributed by atoms with van der Waals surface area (Å²) in [7, 11) is 0. The van der Waals surface area contributed by atoms with Crippen molar-refractivity contribution in [2.45, 2.75) is 6.54 Å². The first kappa shape index (κ1) is 17.8. The van der Waals surface area contributed by atoms with Crippen LogP contribution in [-0.2, 0) is 6.54 Å². The molecule has 3 rings (SSSR count). The average Bonchev–Trinajstić information content (AvgIpc) is 2.69. The number of carbonyl (C=O) groups excluding carboxylic acids is 1. The number of para-hydroxylation sites is 2. The minimum Gasteiger partial charge on any atom is -0.506 e. The molecule has 134 valence electrons. The van der Waals surface area contributed by atoms with Crippen molar-refractivity contribution in [2.24, 2.45) is 0 Å². The molecule has 0 aromatic heterocycles. The van der Waals surface area contributed by atoms with Crippen LogP contribution in [0.25, 0.3) is 0 Å². The second-order valence-electron chi connectivity index (χ2n) is 5.81. The monoisotopic (exact) mass is 358 g/mol. The molecule has 6 nitrogen and oxygen atoms in total. The van der Waals surface area contributed by atoms with Crippen molar-refractivity contribution < 1.29 is 9.90 Å². The van der Waals surface area contributed by atoms with Crippen LogP contribution in [-0.4, -0.2) is 11.1 Å². The van der Waals surface area contributed by atoms with Gasteiger partial charge in [0, 0.05) is 6.54 Å². The molecule has 0 fully saturated rings. The van der Waals surface area contributed by atoms with Crippen LogP contribution in [0.2, 0.25) is 0 Å². The predicted molar refractivity (Wildman–Crippen MR) is 106 cm³/mol. The fourth-order valence-corrected chi connectivity index (χ4v) is 2.52. The molecule has 0 saturated heterocycles. The smallest absolute Gasteiger partial charge is 0.323 e. The zero-order valence-electron chi connectivity index (χ0n) is 14.4. The van der Waals surface area contributed by atoms with E-state index in [4.69, 9.17) is 5.26 Å². The number of nitriles is 1. The molecule has 0 radical (unpaired) electrons. The third-order valence-corrected chi connectivity index (χ3v) is 3.88. The lowest BCUT2D eigenvalue weighted by molar-refractivity contribution is 0.262. The molecular weight excluding hydrogens is 340 g/mol. The van der Waals surface area contributed by atoms with Gasteiger partial charge < -0.3 is 21.1 Å². The van der Waals surface area contributed by atoms with Gasteiger partial charge in [-0.25, -0.2) is 4.79 Å². The first-order chi connectivity index (χ1) is 13.2. The lowest BCUT2D eigenvalue weighted by Gasteiger charge is -2.14. The second kappa shape index (κ2) is 8.41. The maximum atomic E-state index is 12.3. The van der Waals surface area contributed by atoms with Gasteiger partial charge >= 0.3 is 6.03 Å². The van der Waals surface area contributed by atoms with E-state index in [2.05, 4.69) is 16.0 Å². The predicted octanol–water partition coefficient (Wildman–Crippen LogP) is 4.52. The summed E-state index contributed by atoms with van der Waals surface area (Å²) < 4.78 is 0. The molecule has 0 saturated carbocycles. The Morgan fingerprint density at radius 1 is 0.889 bits per heavy atom. The van der Waals surface area contributed by atoms with E-state index in [0.29, 0.717) is 17.8 Å². The quantitative estimate of drug-likeness (QED) is 0.504. The van der Waals surface area contributed by atoms with E-state index in [9.17, 15) is 9.90 Å². The van der Waals surface area contributed by atoms with Crippen LogP contribution < -0.4 is 16.0 Å². The number of phenolic OH excluding ortho intramolecular Hbond substituents is 1. The fraction of sp³-hybridized carbons (Fsp3) is 0.0476. The zero-order chi connectivity index (χ0) is 19.1. The SMILES string of the molecule is N#Cc1ccc(NC(=O)Nc2ccccc2NCc2ccccc2)c(O)c1. The highest BCUT2D eigenvalue weighted by Crippen LogP contribution is 2.25. The van der Waals surface area contributed by atoms with Gasteiger partial charge in [-0.05, 0) is 35.9 Å². The molecule has 2 amide bonds. The number of hydrogen-bond acceptors (Lipinski definition) is 4. The number of benzene rings is 3. The normalized spacial score (nSPS) is 9.89. The van der Waals surface area contributed by atoms with Crippen molar-refractivity contribution in [3.63, 3.8) is 0 Å². The molecule has 0 atom stereocenters. The molecular formula is C21H18N4O2. The lowest BCUT2D eigenvalue weighted by atomic mass is 10.2. The highest BCUT2D eigenvalue weighted by atomic mass is 16.3. The Balaban J connectivity index is 1.67. The van der Waals surface area contributed by atoms with Gasteiger partial charge in [-0.3, -0.25) is 0 Å². The van der Waals surface area contributed by atoms with Crippen LogP contribution in [0.4, 0.5) is 21.9 Å².